The van der Waals surface area contributed by atoms with Gasteiger partial charge in [0.1, 0.15) is 0 Å². The molecule has 3 aromatic rings. The van der Waals surface area contributed by atoms with Gasteiger partial charge in [0.25, 0.3) is 0 Å². The molecule has 0 saturated heterocycles. The van der Waals surface area contributed by atoms with Gasteiger partial charge >= 0.3 is 0 Å². The SMILES string of the molecule is CCC[C@H](N)c1cc2ccccc2c2ccccc12. The van der Waals surface area contributed by atoms with E-state index in [2.05, 4.69) is 61.5 Å². The predicted octanol–water partition coefficient (Wildman–Crippen LogP) is 4.79. The van der Waals surface area contributed by atoms with E-state index in [4.69, 9.17) is 5.73 Å². The first kappa shape index (κ1) is 12.2. The van der Waals surface area contributed by atoms with Crippen molar-refractivity contribution in [1.29, 1.82) is 0 Å². The molecule has 0 aliphatic carbocycles. The summed E-state index contributed by atoms with van der Waals surface area (Å²) in [5, 5.41) is 5.19. The van der Waals surface area contributed by atoms with Crippen molar-refractivity contribution < 1.29 is 0 Å². The second-order valence-corrected chi connectivity index (χ2v) is 5.13. The first-order chi connectivity index (χ1) is 9.31. The molecule has 0 aliphatic rings. The Kier molecular flexibility index (Phi) is 3.22. The van der Waals surface area contributed by atoms with Crippen molar-refractivity contribution in [1.82, 2.24) is 0 Å². The molecule has 2 N–H and O–H groups in total. The fraction of sp³-hybridized carbons (Fsp3) is 0.222. The van der Waals surface area contributed by atoms with E-state index in [-0.39, 0.29) is 6.04 Å². The van der Waals surface area contributed by atoms with Crippen LogP contribution in [0.1, 0.15) is 31.4 Å². The van der Waals surface area contributed by atoms with Gasteiger partial charge in [0.05, 0.1) is 0 Å². The lowest BCUT2D eigenvalue weighted by molar-refractivity contribution is 0.643. The van der Waals surface area contributed by atoms with Gasteiger partial charge < -0.3 is 5.73 Å². The van der Waals surface area contributed by atoms with Crippen molar-refractivity contribution in [3.05, 3.63) is 60.2 Å². The van der Waals surface area contributed by atoms with E-state index in [0.29, 0.717) is 0 Å². The fourth-order valence-electron chi connectivity index (χ4n) is 2.86. The third-order valence-electron chi connectivity index (χ3n) is 3.80. The average molecular weight is 249 g/mol. The fourth-order valence-corrected chi connectivity index (χ4v) is 2.86. The van der Waals surface area contributed by atoms with Crippen LogP contribution in [0.3, 0.4) is 0 Å². The Hall–Kier alpha value is -1.86. The van der Waals surface area contributed by atoms with Crippen LogP contribution in [0.25, 0.3) is 21.5 Å². The highest BCUT2D eigenvalue weighted by molar-refractivity contribution is 6.09. The zero-order valence-corrected chi connectivity index (χ0v) is 11.3. The van der Waals surface area contributed by atoms with Crippen molar-refractivity contribution in [3.8, 4) is 0 Å². The van der Waals surface area contributed by atoms with Gasteiger partial charge in [-0.15, -0.1) is 0 Å². The molecule has 0 spiro atoms. The molecule has 0 bridgehead atoms. The van der Waals surface area contributed by atoms with Gasteiger partial charge in [0.2, 0.25) is 0 Å². The molecule has 0 aliphatic heterocycles. The number of hydrogen-bond donors (Lipinski definition) is 1. The lowest BCUT2D eigenvalue weighted by Gasteiger charge is -2.16. The largest absolute Gasteiger partial charge is 0.324 e. The summed E-state index contributed by atoms with van der Waals surface area (Å²) >= 11 is 0. The van der Waals surface area contributed by atoms with E-state index in [9.17, 15) is 0 Å². The zero-order valence-electron chi connectivity index (χ0n) is 11.3. The highest BCUT2D eigenvalue weighted by atomic mass is 14.6. The Morgan fingerprint density at radius 2 is 1.53 bits per heavy atom. The molecule has 1 atom stereocenters. The smallest absolute Gasteiger partial charge is 0.0301 e. The lowest BCUT2D eigenvalue weighted by atomic mass is 9.92. The molecule has 3 rings (SSSR count). The van der Waals surface area contributed by atoms with Gasteiger partial charge in [-0.3, -0.25) is 0 Å². The van der Waals surface area contributed by atoms with Gasteiger partial charge in [0.15, 0.2) is 0 Å². The first-order valence-corrected chi connectivity index (χ1v) is 6.97. The average Bonchev–Trinajstić information content (AvgIpc) is 2.46. The third kappa shape index (κ3) is 2.11. The van der Waals surface area contributed by atoms with Crippen molar-refractivity contribution in [3.63, 3.8) is 0 Å². The van der Waals surface area contributed by atoms with Crippen LogP contribution in [-0.4, -0.2) is 0 Å². The van der Waals surface area contributed by atoms with Crippen LogP contribution < -0.4 is 5.73 Å². The molecule has 96 valence electrons. The third-order valence-corrected chi connectivity index (χ3v) is 3.80. The van der Waals surface area contributed by atoms with E-state index in [0.717, 1.165) is 12.8 Å². The van der Waals surface area contributed by atoms with E-state index in [1.807, 2.05) is 0 Å². The minimum atomic E-state index is 0.125. The maximum absolute atomic E-state index is 6.36. The summed E-state index contributed by atoms with van der Waals surface area (Å²) in [6.07, 6.45) is 2.14. The van der Waals surface area contributed by atoms with Gasteiger partial charge in [0, 0.05) is 6.04 Å². The van der Waals surface area contributed by atoms with Crippen molar-refractivity contribution in [2.24, 2.45) is 5.73 Å². The van der Waals surface area contributed by atoms with Crippen LogP contribution in [0.15, 0.2) is 54.6 Å². The minimum absolute atomic E-state index is 0.125. The summed E-state index contributed by atoms with van der Waals surface area (Å²) in [6.45, 7) is 2.18. The first-order valence-electron chi connectivity index (χ1n) is 6.97. The van der Waals surface area contributed by atoms with Gasteiger partial charge in [-0.25, -0.2) is 0 Å². The molecule has 0 heterocycles. The quantitative estimate of drug-likeness (QED) is 0.663. The molecule has 1 heteroatoms. The molecular weight excluding hydrogens is 230 g/mol. The van der Waals surface area contributed by atoms with E-state index in [1.165, 1.54) is 27.1 Å². The molecular formula is C18H19N. The number of nitrogens with two attached hydrogens (primary N) is 1. The van der Waals surface area contributed by atoms with Gasteiger partial charge in [-0.2, -0.15) is 0 Å². The molecule has 0 aromatic heterocycles. The topological polar surface area (TPSA) is 26.0 Å². The second-order valence-electron chi connectivity index (χ2n) is 5.13. The summed E-state index contributed by atoms with van der Waals surface area (Å²) in [6, 6.07) is 19.5. The van der Waals surface area contributed by atoms with Crippen LogP contribution in [0, 0.1) is 0 Å². The summed E-state index contributed by atoms with van der Waals surface area (Å²) < 4.78 is 0. The van der Waals surface area contributed by atoms with Crippen molar-refractivity contribution in [2.75, 3.05) is 0 Å². The maximum atomic E-state index is 6.36. The Morgan fingerprint density at radius 1 is 0.895 bits per heavy atom. The molecule has 0 amide bonds. The van der Waals surface area contributed by atoms with E-state index in [1.54, 1.807) is 0 Å². The Bertz CT molecular complexity index is 715. The lowest BCUT2D eigenvalue weighted by Crippen LogP contribution is -2.10. The normalized spacial score (nSPS) is 12.9. The van der Waals surface area contributed by atoms with Crippen molar-refractivity contribution in [2.45, 2.75) is 25.8 Å². The Labute approximate surface area is 114 Å². The summed E-state index contributed by atoms with van der Waals surface area (Å²) in [4.78, 5) is 0. The molecule has 3 aromatic carbocycles. The van der Waals surface area contributed by atoms with Gasteiger partial charge in [-0.05, 0) is 39.6 Å². The van der Waals surface area contributed by atoms with Crippen molar-refractivity contribution >= 4 is 21.5 Å². The standard InChI is InChI=1S/C18H19N/c1-2-7-18(19)17-12-13-8-3-4-9-14(13)15-10-5-6-11-16(15)17/h3-6,8-12,18H,2,7,19H2,1H3/t18-/m0/s1. The monoisotopic (exact) mass is 249 g/mol. The van der Waals surface area contributed by atoms with E-state index >= 15 is 0 Å². The number of hydrogen-bond acceptors (Lipinski definition) is 1. The highest BCUT2D eigenvalue weighted by Crippen LogP contribution is 2.32. The highest BCUT2D eigenvalue weighted by Gasteiger charge is 2.11. The summed E-state index contributed by atoms with van der Waals surface area (Å²) in [7, 11) is 0. The molecule has 0 fully saturated rings. The molecule has 19 heavy (non-hydrogen) atoms. The second kappa shape index (κ2) is 5.02. The molecule has 0 unspecified atom stereocenters. The zero-order chi connectivity index (χ0) is 13.2. The van der Waals surface area contributed by atoms with Gasteiger partial charge in [-0.1, -0.05) is 61.9 Å². The number of rotatable bonds is 3. The van der Waals surface area contributed by atoms with Crippen LogP contribution in [0.2, 0.25) is 0 Å². The van der Waals surface area contributed by atoms with E-state index < -0.39 is 0 Å². The van der Waals surface area contributed by atoms with Crippen LogP contribution in [0.5, 0.6) is 0 Å². The minimum Gasteiger partial charge on any atom is -0.324 e. The molecule has 1 nitrogen and oxygen atoms in total. The molecule has 0 radical (unpaired) electrons. The Morgan fingerprint density at radius 3 is 2.26 bits per heavy atom. The van der Waals surface area contributed by atoms with Crippen LogP contribution in [-0.2, 0) is 0 Å². The number of benzene rings is 3. The Balaban J connectivity index is 2.35. The summed E-state index contributed by atoms with van der Waals surface area (Å²) in [5.41, 5.74) is 7.64. The molecule has 0 saturated carbocycles. The number of fused-ring (bicyclic) bond motifs is 3. The van der Waals surface area contributed by atoms with Crippen LogP contribution >= 0.6 is 0 Å². The predicted molar refractivity (Wildman–Crippen MR) is 83.3 cm³/mol. The summed E-state index contributed by atoms with van der Waals surface area (Å²) in [5.74, 6) is 0. The van der Waals surface area contributed by atoms with Crippen LogP contribution in [0.4, 0.5) is 0 Å². The maximum Gasteiger partial charge on any atom is 0.0301 e.